The summed E-state index contributed by atoms with van der Waals surface area (Å²) in [5.41, 5.74) is -0.894. The van der Waals surface area contributed by atoms with Crippen molar-refractivity contribution < 1.29 is 23.0 Å². The number of aliphatic hydroxyl groups is 1. The number of hydrogen-bond acceptors (Lipinski definition) is 2. The van der Waals surface area contributed by atoms with Crippen molar-refractivity contribution in [1.82, 2.24) is 0 Å². The van der Waals surface area contributed by atoms with E-state index in [0.717, 1.165) is 6.07 Å². The van der Waals surface area contributed by atoms with Crippen molar-refractivity contribution in [1.29, 1.82) is 0 Å². The Kier molecular flexibility index (Phi) is 3.54. The van der Waals surface area contributed by atoms with Gasteiger partial charge in [0, 0.05) is 4.47 Å². The molecule has 1 aromatic carbocycles. The van der Waals surface area contributed by atoms with Crippen LogP contribution >= 0.6 is 15.9 Å². The van der Waals surface area contributed by atoms with Crippen LogP contribution in [0.1, 0.15) is 19.4 Å². The average Bonchev–Trinajstić information content (AvgIpc) is 1.97. The molecule has 0 atom stereocenters. The molecule has 0 radical (unpaired) electrons. The summed E-state index contributed by atoms with van der Waals surface area (Å²) < 4.78 is 40.2. The lowest BCUT2D eigenvalue weighted by Crippen LogP contribution is -2.19. The fourth-order valence-electron chi connectivity index (χ4n) is 1.11. The van der Waals surface area contributed by atoms with Crippen LogP contribution in [0.3, 0.4) is 0 Å². The molecule has 0 aliphatic rings. The van der Waals surface area contributed by atoms with Gasteiger partial charge >= 0.3 is 6.36 Å². The van der Waals surface area contributed by atoms with E-state index in [0.29, 0.717) is 10.0 Å². The third kappa shape index (κ3) is 4.02. The van der Waals surface area contributed by atoms with Crippen LogP contribution in [0.5, 0.6) is 5.75 Å². The fourth-order valence-corrected chi connectivity index (χ4v) is 1.58. The predicted molar refractivity (Wildman–Crippen MR) is 56.1 cm³/mol. The third-order valence-corrected chi connectivity index (χ3v) is 2.27. The molecule has 90 valence electrons. The summed E-state index contributed by atoms with van der Waals surface area (Å²) in [5, 5.41) is 9.68. The van der Waals surface area contributed by atoms with E-state index >= 15 is 0 Å². The van der Waals surface area contributed by atoms with Gasteiger partial charge in [-0.25, -0.2) is 0 Å². The quantitative estimate of drug-likeness (QED) is 0.904. The summed E-state index contributed by atoms with van der Waals surface area (Å²) in [7, 11) is 0. The van der Waals surface area contributed by atoms with Crippen molar-refractivity contribution in [2.75, 3.05) is 0 Å². The van der Waals surface area contributed by atoms with Crippen LogP contribution in [0, 0.1) is 0 Å². The largest absolute Gasteiger partial charge is 0.573 e. The number of alkyl halides is 3. The average molecular weight is 299 g/mol. The highest BCUT2D eigenvalue weighted by molar-refractivity contribution is 9.10. The lowest BCUT2D eigenvalue weighted by Gasteiger charge is -2.19. The molecule has 0 fully saturated rings. The highest BCUT2D eigenvalue weighted by Gasteiger charge is 2.31. The first-order chi connectivity index (χ1) is 7.08. The second-order valence-corrected chi connectivity index (χ2v) is 4.70. The van der Waals surface area contributed by atoms with Gasteiger partial charge in [-0.1, -0.05) is 15.9 Å². The van der Waals surface area contributed by atoms with Crippen LogP contribution in [0.4, 0.5) is 13.2 Å². The molecule has 0 aliphatic heterocycles. The molecule has 0 saturated heterocycles. The number of ether oxygens (including phenoxy) is 1. The summed E-state index contributed by atoms with van der Waals surface area (Å²) in [6, 6.07) is 3.87. The van der Waals surface area contributed by atoms with Gasteiger partial charge in [-0.2, -0.15) is 0 Å². The van der Waals surface area contributed by atoms with E-state index in [1.54, 1.807) is 0 Å². The predicted octanol–water partition coefficient (Wildman–Crippen LogP) is 3.58. The summed E-state index contributed by atoms with van der Waals surface area (Å²) >= 11 is 3.05. The smallest absolute Gasteiger partial charge is 0.406 e. The molecule has 1 aromatic rings. The highest BCUT2D eigenvalue weighted by Crippen LogP contribution is 2.31. The normalized spacial score (nSPS) is 12.7. The van der Waals surface area contributed by atoms with E-state index in [1.807, 2.05) is 0 Å². The van der Waals surface area contributed by atoms with Crippen LogP contribution in [0.15, 0.2) is 22.7 Å². The van der Waals surface area contributed by atoms with E-state index in [4.69, 9.17) is 0 Å². The molecule has 1 rings (SSSR count). The molecule has 2 nitrogen and oxygen atoms in total. The molecule has 0 heterocycles. The second-order valence-electron chi connectivity index (χ2n) is 3.78. The fraction of sp³-hybridized carbons (Fsp3) is 0.400. The van der Waals surface area contributed by atoms with Gasteiger partial charge in [0.2, 0.25) is 0 Å². The van der Waals surface area contributed by atoms with E-state index in [2.05, 4.69) is 20.7 Å². The number of halogens is 4. The Morgan fingerprint density at radius 1 is 1.19 bits per heavy atom. The maximum atomic E-state index is 12.0. The summed E-state index contributed by atoms with van der Waals surface area (Å²) in [5.74, 6) is -0.362. The SMILES string of the molecule is CC(C)(O)c1cc(Br)cc(OC(F)(F)F)c1. The van der Waals surface area contributed by atoms with Gasteiger partial charge in [-0.3, -0.25) is 0 Å². The Morgan fingerprint density at radius 2 is 1.75 bits per heavy atom. The van der Waals surface area contributed by atoms with Crippen molar-refractivity contribution >= 4 is 15.9 Å². The van der Waals surface area contributed by atoms with Gasteiger partial charge in [0.15, 0.2) is 0 Å². The topological polar surface area (TPSA) is 29.5 Å². The van der Waals surface area contributed by atoms with Crippen LogP contribution in [0.25, 0.3) is 0 Å². The molecule has 16 heavy (non-hydrogen) atoms. The van der Waals surface area contributed by atoms with Crippen molar-refractivity contribution in [3.05, 3.63) is 28.2 Å². The minimum Gasteiger partial charge on any atom is -0.406 e. The standard InChI is InChI=1S/C10H10BrF3O2/c1-9(2,15)6-3-7(11)5-8(4-6)16-10(12,13)14/h3-5,15H,1-2H3. The van der Waals surface area contributed by atoms with Gasteiger partial charge < -0.3 is 9.84 Å². The highest BCUT2D eigenvalue weighted by atomic mass is 79.9. The molecule has 0 bridgehead atoms. The van der Waals surface area contributed by atoms with E-state index in [-0.39, 0.29) is 5.75 Å². The maximum absolute atomic E-state index is 12.0. The molecule has 0 saturated carbocycles. The van der Waals surface area contributed by atoms with E-state index in [1.165, 1.54) is 26.0 Å². The zero-order valence-corrected chi connectivity index (χ0v) is 10.2. The molecule has 0 amide bonds. The van der Waals surface area contributed by atoms with Crippen molar-refractivity contribution in [2.45, 2.75) is 25.8 Å². The zero-order chi connectivity index (χ0) is 12.6. The minimum absolute atomic E-state index is 0.334. The lowest BCUT2D eigenvalue weighted by atomic mass is 9.98. The molecule has 0 spiro atoms. The van der Waals surface area contributed by atoms with Gasteiger partial charge in [0.1, 0.15) is 5.75 Å². The van der Waals surface area contributed by atoms with Gasteiger partial charge in [-0.05, 0) is 37.6 Å². The lowest BCUT2D eigenvalue weighted by molar-refractivity contribution is -0.274. The van der Waals surface area contributed by atoms with E-state index in [9.17, 15) is 18.3 Å². The second kappa shape index (κ2) is 4.25. The van der Waals surface area contributed by atoms with Crippen LogP contribution < -0.4 is 4.74 Å². The summed E-state index contributed by atoms with van der Waals surface area (Å²) in [6.07, 6.45) is -4.74. The van der Waals surface area contributed by atoms with Crippen molar-refractivity contribution in [2.24, 2.45) is 0 Å². The molecular formula is C10H10BrF3O2. The number of hydrogen-bond donors (Lipinski definition) is 1. The zero-order valence-electron chi connectivity index (χ0n) is 8.60. The Morgan fingerprint density at radius 3 is 2.19 bits per heavy atom. The molecule has 0 aromatic heterocycles. The minimum atomic E-state index is -4.74. The van der Waals surface area contributed by atoms with Crippen LogP contribution in [-0.2, 0) is 5.60 Å². The number of rotatable bonds is 2. The van der Waals surface area contributed by atoms with Gasteiger partial charge in [0.05, 0.1) is 5.60 Å². The first kappa shape index (κ1) is 13.3. The molecule has 6 heteroatoms. The summed E-state index contributed by atoms with van der Waals surface area (Å²) in [4.78, 5) is 0. The van der Waals surface area contributed by atoms with Crippen molar-refractivity contribution in [3.8, 4) is 5.75 Å². The Labute approximate surface area is 99.2 Å². The van der Waals surface area contributed by atoms with Crippen LogP contribution in [-0.4, -0.2) is 11.5 Å². The first-order valence-electron chi connectivity index (χ1n) is 4.37. The van der Waals surface area contributed by atoms with E-state index < -0.39 is 12.0 Å². The monoisotopic (exact) mass is 298 g/mol. The first-order valence-corrected chi connectivity index (χ1v) is 5.16. The molecule has 0 unspecified atom stereocenters. The molecule has 1 N–H and O–H groups in total. The van der Waals surface area contributed by atoms with Crippen molar-refractivity contribution in [3.63, 3.8) is 0 Å². The Balaban J connectivity index is 3.09. The summed E-state index contributed by atoms with van der Waals surface area (Å²) in [6.45, 7) is 2.96. The number of benzene rings is 1. The van der Waals surface area contributed by atoms with Gasteiger partial charge in [-0.15, -0.1) is 13.2 Å². The Bertz CT molecular complexity index is 383. The molecule has 0 aliphatic carbocycles. The van der Waals surface area contributed by atoms with Crippen LogP contribution in [0.2, 0.25) is 0 Å². The van der Waals surface area contributed by atoms with Gasteiger partial charge in [0.25, 0.3) is 0 Å². The maximum Gasteiger partial charge on any atom is 0.573 e. The third-order valence-electron chi connectivity index (χ3n) is 1.81. The molecular weight excluding hydrogens is 289 g/mol. The Hall–Kier alpha value is -0.750.